The maximum Gasteiger partial charge on any atom is 0.332 e. The van der Waals surface area contributed by atoms with Crippen molar-refractivity contribution in [1.82, 2.24) is 24.3 Å². The summed E-state index contributed by atoms with van der Waals surface area (Å²) in [6.45, 7) is 4.85. The Kier molecular flexibility index (Phi) is 5.22. The van der Waals surface area contributed by atoms with Gasteiger partial charge in [0.05, 0.1) is 10.9 Å². The van der Waals surface area contributed by atoms with Crippen LogP contribution in [0, 0.1) is 0 Å². The second-order valence-electron chi connectivity index (χ2n) is 6.82. The van der Waals surface area contributed by atoms with Crippen molar-refractivity contribution in [2.24, 2.45) is 14.1 Å². The molecule has 26 heavy (non-hydrogen) atoms. The third-order valence-electron chi connectivity index (χ3n) is 5.18. The standard InChI is InChI=1S/C18H25N5O3/c1-4-13(23-7-5-6-8-23)11-20-16(24)12-9-14-15(19-10-12)21(2)18(26)22(3)17(14)25/h9-10,13H,4-8,11H2,1-3H3,(H,20,24). The van der Waals surface area contributed by atoms with Crippen molar-refractivity contribution < 1.29 is 4.79 Å². The summed E-state index contributed by atoms with van der Waals surface area (Å²) in [6, 6.07) is 1.83. The summed E-state index contributed by atoms with van der Waals surface area (Å²) in [5.41, 5.74) is -0.292. The van der Waals surface area contributed by atoms with E-state index in [4.69, 9.17) is 0 Å². The number of hydrogen-bond donors (Lipinski definition) is 1. The van der Waals surface area contributed by atoms with Gasteiger partial charge in [-0.25, -0.2) is 9.78 Å². The van der Waals surface area contributed by atoms with Gasteiger partial charge in [0.15, 0.2) is 0 Å². The fourth-order valence-corrected chi connectivity index (χ4v) is 3.54. The maximum absolute atomic E-state index is 12.5. The molecule has 1 saturated heterocycles. The zero-order valence-electron chi connectivity index (χ0n) is 15.5. The molecule has 140 valence electrons. The summed E-state index contributed by atoms with van der Waals surface area (Å²) in [7, 11) is 2.97. The van der Waals surface area contributed by atoms with Crippen molar-refractivity contribution in [3.63, 3.8) is 0 Å². The van der Waals surface area contributed by atoms with E-state index < -0.39 is 11.2 Å². The molecule has 0 bridgehead atoms. The monoisotopic (exact) mass is 359 g/mol. The number of nitrogens with one attached hydrogen (secondary N) is 1. The fraction of sp³-hybridized carbons (Fsp3) is 0.556. The number of aryl methyl sites for hydroxylation is 1. The van der Waals surface area contributed by atoms with E-state index in [1.807, 2.05) is 0 Å². The SMILES string of the molecule is CCC(CNC(=O)c1cnc2c(c1)c(=O)n(C)c(=O)n2C)N1CCCC1. The first-order chi connectivity index (χ1) is 12.4. The Bertz CT molecular complexity index is 940. The summed E-state index contributed by atoms with van der Waals surface area (Å²) in [5.74, 6) is -0.257. The Hall–Kier alpha value is -2.48. The van der Waals surface area contributed by atoms with Gasteiger partial charge >= 0.3 is 5.69 Å². The largest absolute Gasteiger partial charge is 0.350 e. The van der Waals surface area contributed by atoms with Gasteiger partial charge in [-0.05, 0) is 38.4 Å². The molecule has 1 amide bonds. The molecule has 2 aromatic rings. The van der Waals surface area contributed by atoms with Crippen LogP contribution in [-0.2, 0) is 14.1 Å². The first-order valence-corrected chi connectivity index (χ1v) is 9.02. The molecular weight excluding hydrogens is 334 g/mol. The Balaban J connectivity index is 1.82. The molecule has 8 nitrogen and oxygen atoms in total. The molecule has 0 aliphatic carbocycles. The van der Waals surface area contributed by atoms with Gasteiger partial charge < -0.3 is 5.32 Å². The Morgan fingerprint density at radius 1 is 1.23 bits per heavy atom. The molecule has 1 atom stereocenters. The second kappa shape index (κ2) is 7.41. The number of fused-ring (bicyclic) bond motifs is 1. The minimum absolute atomic E-state index is 0.257. The van der Waals surface area contributed by atoms with Crippen LogP contribution in [-0.4, -0.2) is 50.6 Å². The van der Waals surface area contributed by atoms with Crippen LogP contribution in [0.2, 0.25) is 0 Å². The van der Waals surface area contributed by atoms with Crippen molar-refractivity contribution in [1.29, 1.82) is 0 Å². The van der Waals surface area contributed by atoms with Crippen LogP contribution in [0.3, 0.4) is 0 Å². The summed E-state index contributed by atoms with van der Waals surface area (Å²) >= 11 is 0. The molecule has 1 aliphatic heterocycles. The lowest BCUT2D eigenvalue weighted by molar-refractivity contribution is 0.0937. The van der Waals surface area contributed by atoms with Gasteiger partial charge in [-0.2, -0.15) is 0 Å². The molecule has 3 rings (SSSR count). The number of pyridine rings is 1. The zero-order valence-corrected chi connectivity index (χ0v) is 15.5. The van der Waals surface area contributed by atoms with Gasteiger partial charge in [0.1, 0.15) is 5.65 Å². The minimum Gasteiger partial charge on any atom is -0.350 e. The van der Waals surface area contributed by atoms with Gasteiger partial charge in [-0.1, -0.05) is 6.92 Å². The van der Waals surface area contributed by atoms with Crippen LogP contribution in [0.1, 0.15) is 36.5 Å². The van der Waals surface area contributed by atoms with E-state index in [2.05, 4.69) is 22.1 Å². The molecule has 0 spiro atoms. The molecule has 0 saturated carbocycles. The molecule has 3 heterocycles. The maximum atomic E-state index is 12.5. The smallest absolute Gasteiger partial charge is 0.332 e. The van der Waals surface area contributed by atoms with E-state index in [0.717, 1.165) is 24.1 Å². The van der Waals surface area contributed by atoms with Gasteiger partial charge in [-0.15, -0.1) is 0 Å². The highest BCUT2D eigenvalue weighted by Crippen LogP contribution is 2.14. The Morgan fingerprint density at radius 2 is 1.92 bits per heavy atom. The van der Waals surface area contributed by atoms with Crippen molar-refractivity contribution in [3.8, 4) is 0 Å². The molecule has 1 unspecified atom stereocenters. The van der Waals surface area contributed by atoms with E-state index >= 15 is 0 Å². The first-order valence-electron chi connectivity index (χ1n) is 9.02. The average molecular weight is 359 g/mol. The van der Waals surface area contributed by atoms with Gasteiger partial charge in [0, 0.05) is 32.9 Å². The van der Waals surface area contributed by atoms with Crippen molar-refractivity contribution in [2.75, 3.05) is 19.6 Å². The summed E-state index contributed by atoms with van der Waals surface area (Å²) in [4.78, 5) is 43.4. The molecule has 1 N–H and O–H groups in total. The number of carbonyl (C=O) groups excluding carboxylic acids is 1. The van der Waals surface area contributed by atoms with Crippen LogP contribution in [0.25, 0.3) is 11.0 Å². The van der Waals surface area contributed by atoms with E-state index in [9.17, 15) is 14.4 Å². The number of carbonyl (C=O) groups is 1. The van der Waals surface area contributed by atoms with E-state index in [1.54, 1.807) is 7.05 Å². The number of hydrogen-bond acceptors (Lipinski definition) is 5. The molecule has 8 heteroatoms. The number of amides is 1. The molecule has 2 aromatic heterocycles. The van der Waals surface area contributed by atoms with E-state index in [0.29, 0.717) is 18.2 Å². The van der Waals surface area contributed by atoms with Crippen molar-refractivity contribution in [2.45, 2.75) is 32.2 Å². The summed E-state index contributed by atoms with van der Waals surface area (Å²) in [6.07, 6.45) is 4.80. The molecule has 1 fully saturated rings. The Morgan fingerprint density at radius 3 is 2.58 bits per heavy atom. The van der Waals surface area contributed by atoms with Crippen LogP contribution in [0.15, 0.2) is 21.9 Å². The highest BCUT2D eigenvalue weighted by Gasteiger charge is 2.21. The quantitative estimate of drug-likeness (QED) is 0.826. The van der Waals surface area contributed by atoms with Crippen LogP contribution >= 0.6 is 0 Å². The second-order valence-corrected chi connectivity index (χ2v) is 6.82. The first kappa shape index (κ1) is 18.3. The van der Waals surface area contributed by atoms with Crippen LogP contribution in [0.5, 0.6) is 0 Å². The Labute approximate surface area is 151 Å². The molecule has 1 aliphatic rings. The summed E-state index contributed by atoms with van der Waals surface area (Å²) < 4.78 is 2.32. The lowest BCUT2D eigenvalue weighted by Gasteiger charge is -2.26. The number of rotatable bonds is 5. The molecule has 0 radical (unpaired) electrons. The number of nitrogens with zero attached hydrogens (tertiary/aromatic N) is 4. The fourth-order valence-electron chi connectivity index (χ4n) is 3.54. The van der Waals surface area contributed by atoms with E-state index in [1.165, 1.54) is 36.7 Å². The number of likely N-dealkylation sites (tertiary alicyclic amines) is 1. The third kappa shape index (κ3) is 3.29. The predicted molar refractivity (Wildman–Crippen MR) is 99.4 cm³/mol. The van der Waals surface area contributed by atoms with Crippen molar-refractivity contribution in [3.05, 3.63) is 38.7 Å². The van der Waals surface area contributed by atoms with Gasteiger partial charge in [0.2, 0.25) is 0 Å². The lowest BCUT2D eigenvalue weighted by Crippen LogP contribution is -2.42. The lowest BCUT2D eigenvalue weighted by atomic mass is 10.1. The highest BCUT2D eigenvalue weighted by atomic mass is 16.2. The van der Waals surface area contributed by atoms with Crippen LogP contribution < -0.4 is 16.6 Å². The minimum atomic E-state index is -0.450. The summed E-state index contributed by atoms with van der Waals surface area (Å²) in [5, 5.41) is 3.21. The number of aromatic nitrogens is 3. The average Bonchev–Trinajstić information content (AvgIpc) is 3.19. The van der Waals surface area contributed by atoms with E-state index in [-0.39, 0.29) is 16.9 Å². The zero-order chi connectivity index (χ0) is 18.8. The molecule has 0 aromatic carbocycles. The van der Waals surface area contributed by atoms with Crippen LogP contribution in [0.4, 0.5) is 0 Å². The normalized spacial score (nSPS) is 16.1. The highest BCUT2D eigenvalue weighted by molar-refractivity contribution is 5.96. The van der Waals surface area contributed by atoms with Gasteiger partial charge in [0.25, 0.3) is 11.5 Å². The molecular formula is C18H25N5O3. The predicted octanol–water partition coefficient (Wildman–Crippen LogP) is 0.236. The topological polar surface area (TPSA) is 89.2 Å². The van der Waals surface area contributed by atoms with Crippen molar-refractivity contribution >= 4 is 16.9 Å². The van der Waals surface area contributed by atoms with Gasteiger partial charge in [-0.3, -0.25) is 23.6 Å². The third-order valence-corrected chi connectivity index (χ3v) is 5.18.